The molecule has 3 nitrogen and oxygen atoms in total. The van der Waals surface area contributed by atoms with Gasteiger partial charge in [-0.2, -0.15) is 4.39 Å². The molecule has 0 fully saturated rings. The van der Waals surface area contributed by atoms with Gasteiger partial charge in [0.25, 0.3) is 15.5 Å². The predicted octanol–water partition coefficient (Wildman–Crippen LogP) is 2.74. The highest BCUT2D eigenvalue weighted by atomic mass is 35.7. The minimum Gasteiger partial charge on any atom is -0.206 e. The van der Waals surface area contributed by atoms with Gasteiger partial charge in [-0.3, -0.25) is 0 Å². The topological polar surface area (TPSA) is 47.0 Å². The van der Waals surface area contributed by atoms with E-state index in [-0.39, 0.29) is 0 Å². The summed E-state index contributed by atoms with van der Waals surface area (Å²) in [6, 6.07) is 0.481. The van der Waals surface area contributed by atoms with Crippen LogP contribution < -0.4 is 0 Å². The lowest BCUT2D eigenvalue weighted by Gasteiger charge is -2.06. The predicted molar refractivity (Wildman–Crippen MR) is 47.2 cm³/mol. The second kappa shape index (κ2) is 4.15. The summed E-state index contributed by atoms with van der Waals surface area (Å²) in [6.07, 6.45) is -3.21. The van der Waals surface area contributed by atoms with Crippen LogP contribution >= 0.6 is 22.3 Å². The van der Waals surface area contributed by atoms with E-state index in [0.29, 0.717) is 6.07 Å². The number of hydrogen-bond acceptors (Lipinski definition) is 3. The first-order chi connectivity index (χ1) is 6.73. The monoisotopic (exact) mass is 279 g/mol. The van der Waals surface area contributed by atoms with Gasteiger partial charge in [0.1, 0.15) is 0 Å². The quantitative estimate of drug-likeness (QED) is 0.618. The molecule has 1 aromatic rings. The van der Waals surface area contributed by atoms with E-state index in [1.165, 1.54) is 0 Å². The first kappa shape index (κ1) is 12.5. The molecule has 0 bridgehead atoms. The first-order valence-electron chi connectivity index (χ1n) is 3.32. The fraction of sp³-hybridized carbons (Fsp3) is 0.167. The number of pyridine rings is 1. The van der Waals surface area contributed by atoms with Gasteiger partial charge in [0.15, 0.2) is 5.03 Å². The van der Waals surface area contributed by atoms with Crippen molar-refractivity contribution in [3.63, 3.8) is 0 Å². The molecule has 0 amide bonds. The molecule has 0 saturated carbocycles. The van der Waals surface area contributed by atoms with Gasteiger partial charge in [0, 0.05) is 16.7 Å². The molecule has 0 aliphatic heterocycles. The SMILES string of the molecule is O=S(=O)(Cl)c1nc(F)cc(Cl)c1C(F)F. The van der Waals surface area contributed by atoms with Gasteiger partial charge in [0.05, 0.1) is 10.6 Å². The lowest BCUT2D eigenvalue weighted by Crippen LogP contribution is -2.05. The minimum absolute atomic E-state index is 0.481. The summed E-state index contributed by atoms with van der Waals surface area (Å²) in [6.45, 7) is 0. The maximum atomic E-state index is 12.6. The fourth-order valence-corrected chi connectivity index (χ4v) is 2.19. The zero-order valence-corrected chi connectivity index (χ0v) is 9.04. The maximum Gasteiger partial charge on any atom is 0.279 e. The van der Waals surface area contributed by atoms with E-state index in [9.17, 15) is 21.6 Å². The number of nitrogens with zero attached hydrogens (tertiary/aromatic N) is 1. The van der Waals surface area contributed by atoms with Gasteiger partial charge in [-0.1, -0.05) is 11.6 Å². The van der Waals surface area contributed by atoms with Gasteiger partial charge in [-0.15, -0.1) is 0 Å². The Morgan fingerprint density at radius 1 is 1.40 bits per heavy atom. The summed E-state index contributed by atoms with van der Waals surface area (Å²) in [5.41, 5.74) is -1.10. The Bertz CT molecular complexity index is 491. The summed E-state index contributed by atoms with van der Waals surface area (Å²) >= 11 is 5.25. The van der Waals surface area contributed by atoms with Crippen molar-refractivity contribution >= 4 is 31.3 Å². The van der Waals surface area contributed by atoms with E-state index < -0.39 is 37.0 Å². The largest absolute Gasteiger partial charge is 0.279 e. The van der Waals surface area contributed by atoms with Crippen molar-refractivity contribution in [2.45, 2.75) is 11.5 Å². The molecule has 1 aromatic heterocycles. The van der Waals surface area contributed by atoms with Crippen LogP contribution in [-0.2, 0) is 9.05 Å². The molecule has 0 aliphatic carbocycles. The summed E-state index contributed by atoms with van der Waals surface area (Å²) in [5, 5.41) is -2.00. The second-order valence-electron chi connectivity index (χ2n) is 2.38. The molecule has 0 unspecified atom stereocenters. The first-order valence-corrected chi connectivity index (χ1v) is 6.01. The normalized spacial score (nSPS) is 12.1. The number of alkyl halides is 2. The van der Waals surface area contributed by atoms with Crippen LogP contribution in [0.15, 0.2) is 11.1 Å². The summed E-state index contributed by atoms with van der Waals surface area (Å²) < 4.78 is 59.0. The maximum absolute atomic E-state index is 12.6. The van der Waals surface area contributed by atoms with Crippen LogP contribution in [0.25, 0.3) is 0 Å². The van der Waals surface area contributed by atoms with Crippen LogP contribution in [0.4, 0.5) is 13.2 Å². The molecule has 0 radical (unpaired) electrons. The van der Waals surface area contributed by atoms with Gasteiger partial charge in [0.2, 0.25) is 5.95 Å². The number of halogens is 5. The second-order valence-corrected chi connectivity index (χ2v) is 5.27. The van der Waals surface area contributed by atoms with Crippen molar-refractivity contribution in [2.75, 3.05) is 0 Å². The highest BCUT2D eigenvalue weighted by molar-refractivity contribution is 8.13. The van der Waals surface area contributed by atoms with E-state index in [1.807, 2.05) is 0 Å². The molecule has 15 heavy (non-hydrogen) atoms. The van der Waals surface area contributed by atoms with Crippen molar-refractivity contribution in [1.29, 1.82) is 0 Å². The summed E-state index contributed by atoms with van der Waals surface area (Å²) in [7, 11) is 0.236. The number of hydrogen-bond donors (Lipinski definition) is 0. The average Bonchev–Trinajstić information content (AvgIpc) is 1.99. The molecule has 0 aromatic carbocycles. The molecular weight excluding hydrogens is 278 g/mol. The Kier molecular flexibility index (Phi) is 3.47. The third kappa shape index (κ3) is 2.73. The lowest BCUT2D eigenvalue weighted by molar-refractivity contribution is 0.147. The number of aromatic nitrogens is 1. The van der Waals surface area contributed by atoms with Gasteiger partial charge >= 0.3 is 0 Å². The molecular formula is C6H2Cl2F3NO2S. The molecule has 1 rings (SSSR count). The van der Waals surface area contributed by atoms with Crippen molar-refractivity contribution in [1.82, 2.24) is 4.98 Å². The lowest BCUT2D eigenvalue weighted by atomic mass is 10.3. The van der Waals surface area contributed by atoms with Gasteiger partial charge in [-0.25, -0.2) is 22.2 Å². The van der Waals surface area contributed by atoms with E-state index in [0.717, 1.165) is 0 Å². The standard InChI is InChI=1S/C6H2Cl2F3NO2S/c7-2-1-3(9)12-6(15(8,13)14)4(2)5(10)11/h1,5H. The van der Waals surface area contributed by atoms with Gasteiger partial charge < -0.3 is 0 Å². The smallest absolute Gasteiger partial charge is 0.206 e. The van der Waals surface area contributed by atoms with Crippen LogP contribution in [-0.4, -0.2) is 13.4 Å². The molecule has 9 heteroatoms. The summed E-state index contributed by atoms with van der Waals surface area (Å²) in [4.78, 5) is 2.78. The fourth-order valence-electron chi connectivity index (χ4n) is 0.857. The van der Waals surface area contributed by atoms with Crippen LogP contribution in [0.5, 0.6) is 0 Å². The highest BCUT2D eigenvalue weighted by Gasteiger charge is 2.27. The van der Waals surface area contributed by atoms with Crippen molar-refractivity contribution < 1.29 is 21.6 Å². The molecule has 0 N–H and O–H groups in total. The minimum atomic E-state index is -4.57. The average molecular weight is 280 g/mol. The van der Waals surface area contributed by atoms with Crippen molar-refractivity contribution in [3.8, 4) is 0 Å². The molecule has 0 spiro atoms. The van der Waals surface area contributed by atoms with Gasteiger partial charge in [-0.05, 0) is 0 Å². The summed E-state index contributed by atoms with van der Waals surface area (Å²) in [5.74, 6) is -1.30. The third-order valence-electron chi connectivity index (χ3n) is 1.39. The number of rotatable bonds is 2. The van der Waals surface area contributed by atoms with Crippen LogP contribution in [0.1, 0.15) is 12.0 Å². The Morgan fingerprint density at radius 2 is 1.93 bits per heavy atom. The Balaban J connectivity index is 3.62. The Morgan fingerprint density at radius 3 is 2.33 bits per heavy atom. The van der Waals surface area contributed by atoms with Crippen LogP contribution in [0, 0.1) is 5.95 Å². The molecule has 84 valence electrons. The highest BCUT2D eigenvalue weighted by Crippen LogP contribution is 2.33. The molecule has 0 saturated heterocycles. The van der Waals surface area contributed by atoms with E-state index in [1.54, 1.807) is 0 Å². The van der Waals surface area contributed by atoms with Crippen LogP contribution in [0.2, 0.25) is 5.02 Å². The van der Waals surface area contributed by atoms with Crippen LogP contribution in [0.3, 0.4) is 0 Å². The third-order valence-corrected chi connectivity index (χ3v) is 2.92. The Labute approximate surface area is 92.2 Å². The van der Waals surface area contributed by atoms with E-state index >= 15 is 0 Å². The Hall–Kier alpha value is -0.530. The molecule has 1 heterocycles. The van der Waals surface area contributed by atoms with Crippen molar-refractivity contribution in [3.05, 3.63) is 22.6 Å². The zero-order valence-electron chi connectivity index (χ0n) is 6.72. The zero-order chi connectivity index (χ0) is 11.8. The van der Waals surface area contributed by atoms with Crippen molar-refractivity contribution in [2.24, 2.45) is 0 Å². The van der Waals surface area contributed by atoms with E-state index in [2.05, 4.69) is 4.98 Å². The molecule has 0 aliphatic rings. The molecule has 0 atom stereocenters. The van der Waals surface area contributed by atoms with E-state index in [4.69, 9.17) is 22.3 Å².